The van der Waals surface area contributed by atoms with Crippen LogP contribution in [-0.2, 0) is 10.0 Å². The zero-order chi connectivity index (χ0) is 14.9. The normalized spacial score (nSPS) is 13.8. The van der Waals surface area contributed by atoms with Crippen LogP contribution in [0.1, 0.15) is 0 Å². The maximum atomic E-state index is 12.3. The molecular formula is C13H11ClN2O4S. The largest absolute Gasteiger partial charge is 0.486 e. The molecule has 110 valence electrons. The van der Waals surface area contributed by atoms with Crippen LogP contribution in [0.2, 0.25) is 5.02 Å². The Morgan fingerprint density at radius 2 is 1.90 bits per heavy atom. The Morgan fingerprint density at radius 3 is 2.67 bits per heavy atom. The van der Waals surface area contributed by atoms with Crippen molar-refractivity contribution in [3.05, 3.63) is 41.6 Å². The smallest absolute Gasteiger partial charge is 0.263 e. The number of ether oxygens (including phenoxy) is 2. The van der Waals surface area contributed by atoms with E-state index in [4.69, 9.17) is 21.1 Å². The second-order valence-corrected chi connectivity index (χ2v) is 6.33. The molecule has 2 heterocycles. The molecule has 0 fully saturated rings. The molecule has 0 unspecified atom stereocenters. The zero-order valence-corrected chi connectivity index (χ0v) is 12.3. The predicted octanol–water partition coefficient (Wildman–Crippen LogP) is 2.31. The van der Waals surface area contributed by atoms with Gasteiger partial charge in [0.2, 0.25) is 0 Å². The molecule has 3 rings (SSSR count). The minimum absolute atomic E-state index is 0.0495. The Labute approximate surface area is 126 Å². The highest BCUT2D eigenvalue weighted by atomic mass is 35.5. The van der Waals surface area contributed by atoms with Crippen molar-refractivity contribution in [3.63, 3.8) is 0 Å². The van der Waals surface area contributed by atoms with Crippen LogP contribution in [0.5, 0.6) is 11.5 Å². The summed E-state index contributed by atoms with van der Waals surface area (Å²) in [5.74, 6) is 1.00. The predicted molar refractivity (Wildman–Crippen MR) is 77.5 cm³/mol. The van der Waals surface area contributed by atoms with Gasteiger partial charge in [-0.05, 0) is 24.3 Å². The number of nitrogens with zero attached hydrogens (tertiary/aromatic N) is 1. The molecule has 1 aromatic heterocycles. The lowest BCUT2D eigenvalue weighted by Crippen LogP contribution is -2.17. The average Bonchev–Trinajstić information content (AvgIpc) is 2.49. The molecule has 0 bridgehead atoms. The molecule has 1 aromatic carbocycles. The van der Waals surface area contributed by atoms with E-state index in [2.05, 4.69) is 9.71 Å². The van der Waals surface area contributed by atoms with Gasteiger partial charge in [-0.25, -0.2) is 13.4 Å². The summed E-state index contributed by atoms with van der Waals surface area (Å²) < 4.78 is 37.7. The van der Waals surface area contributed by atoms with Crippen LogP contribution in [0.25, 0.3) is 0 Å². The summed E-state index contributed by atoms with van der Waals surface area (Å²) in [4.78, 5) is 3.95. The molecule has 0 spiro atoms. The van der Waals surface area contributed by atoms with E-state index < -0.39 is 10.0 Å². The summed E-state index contributed by atoms with van der Waals surface area (Å²) >= 11 is 5.90. The highest BCUT2D eigenvalue weighted by Crippen LogP contribution is 2.33. The Balaban J connectivity index is 1.93. The lowest BCUT2D eigenvalue weighted by molar-refractivity contribution is 0.171. The quantitative estimate of drug-likeness (QED) is 0.936. The fourth-order valence-electron chi connectivity index (χ4n) is 1.84. The van der Waals surface area contributed by atoms with Gasteiger partial charge in [0.25, 0.3) is 10.0 Å². The second kappa shape index (κ2) is 5.42. The van der Waals surface area contributed by atoms with E-state index in [0.29, 0.717) is 24.7 Å². The molecule has 21 heavy (non-hydrogen) atoms. The van der Waals surface area contributed by atoms with Crippen LogP contribution in [0.4, 0.5) is 5.82 Å². The van der Waals surface area contributed by atoms with E-state index in [0.717, 1.165) is 0 Å². The van der Waals surface area contributed by atoms with Gasteiger partial charge in [-0.3, -0.25) is 4.72 Å². The average molecular weight is 327 g/mol. The van der Waals surface area contributed by atoms with Crippen molar-refractivity contribution >= 4 is 27.4 Å². The summed E-state index contributed by atoms with van der Waals surface area (Å²) in [5.41, 5.74) is 0. The van der Waals surface area contributed by atoms with Crippen molar-refractivity contribution in [2.24, 2.45) is 0 Å². The first-order chi connectivity index (χ1) is 10.1. The van der Waals surface area contributed by atoms with E-state index in [9.17, 15) is 8.42 Å². The van der Waals surface area contributed by atoms with Crippen LogP contribution in [-0.4, -0.2) is 26.6 Å². The van der Waals surface area contributed by atoms with E-state index in [-0.39, 0.29) is 15.7 Å². The van der Waals surface area contributed by atoms with Gasteiger partial charge in [0.1, 0.15) is 13.2 Å². The molecule has 0 saturated heterocycles. The third-order valence-electron chi connectivity index (χ3n) is 2.81. The van der Waals surface area contributed by atoms with E-state index in [1.807, 2.05) is 0 Å². The van der Waals surface area contributed by atoms with Gasteiger partial charge in [-0.1, -0.05) is 11.6 Å². The van der Waals surface area contributed by atoms with Crippen LogP contribution in [0.15, 0.2) is 41.4 Å². The first-order valence-corrected chi connectivity index (χ1v) is 7.95. The fraction of sp³-hybridized carbons (Fsp3) is 0.154. The monoisotopic (exact) mass is 326 g/mol. The zero-order valence-electron chi connectivity index (χ0n) is 10.7. The number of fused-ring (bicyclic) bond motifs is 1. The first-order valence-electron chi connectivity index (χ1n) is 6.09. The van der Waals surface area contributed by atoms with Gasteiger partial charge in [0.15, 0.2) is 17.3 Å². The molecule has 0 saturated carbocycles. The van der Waals surface area contributed by atoms with Crippen LogP contribution in [0.3, 0.4) is 0 Å². The van der Waals surface area contributed by atoms with Gasteiger partial charge < -0.3 is 9.47 Å². The number of sulfonamides is 1. The number of halogens is 1. The molecule has 0 aliphatic carbocycles. The molecule has 1 N–H and O–H groups in total. The number of rotatable bonds is 3. The number of nitrogens with one attached hydrogen (secondary N) is 1. The lowest BCUT2D eigenvalue weighted by Gasteiger charge is -2.19. The molecule has 2 aromatic rings. The maximum absolute atomic E-state index is 12.3. The Morgan fingerprint density at radius 1 is 1.14 bits per heavy atom. The molecule has 6 nitrogen and oxygen atoms in total. The number of hydrogen-bond acceptors (Lipinski definition) is 5. The SMILES string of the molecule is O=S(=O)(Nc1ncccc1Cl)c1ccc2c(c1)OCCO2. The third-order valence-corrected chi connectivity index (χ3v) is 4.46. The summed E-state index contributed by atoms with van der Waals surface area (Å²) in [5, 5.41) is 0.221. The van der Waals surface area contributed by atoms with E-state index in [1.54, 1.807) is 18.2 Å². The number of benzene rings is 1. The second-order valence-electron chi connectivity index (χ2n) is 4.24. The molecule has 0 radical (unpaired) electrons. The van der Waals surface area contributed by atoms with Crippen molar-refractivity contribution in [1.29, 1.82) is 0 Å². The fourth-order valence-corrected chi connectivity index (χ4v) is 3.11. The Hall–Kier alpha value is -1.99. The van der Waals surface area contributed by atoms with Crippen molar-refractivity contribution in [3.8, 4) is 11.5 Å². The molecule has 0 atom stereocenters. The highest BCUT2D eigenvalue weighted by molar-refractivity contribution is 7.92. The molecule has 1 aliphatic heterocycles. The van der Waals surface area contributed by atoms with Crippen molar-refractivity contribution in [2.75, 3.05) is 17.9 Å². The number of anilines is 1. The summed E-state index contributed by atoms with van der Waals surface area (Å²) in [6.45, 7) is 0.830. The standard InChI is InChI=1S/C13H11ClN2O4S/c14-10-2-1-5-15-13(10)16-21(17,18)9-3-4-11-12(8-9)20-7-6-19-11/h1-5,8H,6-7H2,(H,15,16). The van der Waals surface area contributed by atoms with Crippen molar-refractivity contribution < 1.29 is 17.9 Å². The van der Waals surface area contributed by atoms with Gasteiger partial charge in [-0.15, -0.1) is 0 Å². The van der Waals surface area contributed by atoms with Crippen molar-refractivity contribution in [1.82, 2.24) is 4.98 Å². The summed E-state index contributed by atoms with van der Waals surface area (Å²) in [7, 11) is -3.80. The summed E-state index contributed by atoms with van der Waals surface area (Å²) in [6.07, 6.45) is 1.45. The van der Waals surface area contributed by atoms with Gasteiger partial charge in [-0.2, -0.15) is 0 Å². The Bertz CT molecular complexity index is 779. The van der Waals surface area contributed by atoms with E-state index in [1.165, 1.54) is 18.3 Å². The summed E-state index contributed by atoms with van der Waals surface area (Å²) in [6, 6.07) is 7.57. The number of pyridine rings is 1. The van der Waals surface area contributed by atoms with Crippen LogP contribution < -0.4 is 14.2 Å². The van der Waals surface area contributed by atoms with Crippen LogP contribution in [0, 0.1) is 0 Å². The van der Waals surface area contributed by atoms with Gasteiger partial charge in [0.05, 0.1) is 9.92 Å². The molecule has 8 heteroatoms. The topological polar surface area (TPSA) is 77.5 Å². The minimum Gasteiger partial charge on any atom is -0.486 e. The number of aromatic nitrogens is 1. The molecule has 1 aliphatic rings. The van der Waals surface area contributed by atoms with Crippen LogP contribution >= 0.6 is 11.6 Å². The molecule has 0 amide bonds. The number of hydrogen-bond donors (Lipinski definition) is 1. The molecular weight excluding hydrogens is 316 g/mol. The highest BCUT2D eigenvalue weighted by Gasteiger charge is 2.20. The third kappa shape index (κ3) is 2.88. The lowest BCUT2D eigenvalue weighted by atomic mass is 10.3. The minimum atomic E-state index is -3.80. The van der Waals surface area contributed by atoms with E-state index >= 15 is 0 Å². The van der Waals surface area contributed by atoms with Gasteiger partial charge in [0, 0.05) is 12.3 Å². The van der Waals surface area contributed by atoms with Gasteiger partial charge >= 0.3 is 0 Å². The van der Waals surface area contributed by atoms with Crippen molar-refractivity contribution in [2.45, 2.75) is 4.90 Å². The maximum Gasteiger partial charge on any atom is 0.263 e. The first kappa shape index (κ1) is 14.0. The Kier molecular flexibility index (Phi) is 3.60.